The van der Waals surface area contributed by atoms with Crippen molar-refractivity contribution in [1.82, 2.24) is 10.1 Å². The lowest BCUT2D eigenvalue weighted by molar-refractivity contribution is -0.138. The Kier molecular flexibility index (Phi) is 3.55. The molecule has 0 aromatic carbocycles. The van der Waals surface area contributed by atoms with Gasteiger partial charge in [-0.05, 0) is 18.5 Å². The second-order valence-electron chi connectivity index (χ2n) is 3.73. The SMILES string of the molecule is CN(CC(=O)O)Cc1cc(-c2cccs2)on1. The van der Waals surface area contributed by atoms with Crippen LogP contribution in [0.3, 0.4) is 0 Å². The number of hydrogen-bond acceptors (Lipinski definition) is 5. The summed E-state index contributed by atoms with van der Waals surface area (Å²) in [6.45, 7) is 0.447. The first kappa shape index (κ1) is 11.8. The summed E-state index contributed by atoms with van der Waals surface area (Å²) in [6.07, 6.45) is 0. The molecule has 17 heavy (non-hydrogen) atoms. The second kappa shape index (κ2) is 5.11. The number of rotatable bonds is 5. The van der Waals surface area contributed by atoms with E-state index in [1.165, 1.54) is 0 Å². The molecule has 0 radical (unpaired) electrons. The summed E-state index contributed by atoms with van der Waals surface area (Å²) >= 11 is 1.58. The topological polar surface area (TPSA) is 66.6 Å². The van der Waals surface area contributed by atoms with E-state index in [0.717, 1.165) is 16.3 Å². The van der Waals surface area contributed by atoms with E-state index >= 15 is 0 Å². The van der Waals surface area contributed by atoms with Crippen LogP contribution < -0.4 is 0 Å². The minimum absolute atomic E-state index is 0.0127. The van der Waals surface area contributed by atoms with Crippen LogP contribution in [0.25, 0.3) is 10.6 Å². The first-order chi connectivity index (χ1) is 8.15. The van der Waals surface area contributed by atoms with Crippen LogP contribution in [0.2, 0.25) is 0 Å². The van der Waals surface area contributed by atoms with Crippen molar-refractivity contribution in [2.24, 2.45) is 0 Å². The maximum Gasteiger partial charge on any atom is 0.317 e. The van der Waals surface area contributed by atoms with Gasteiger partial charge in [0.25, 0.3) is 0 Å². The number of thiophene rings is 1. The molecule has 2 rings (SSSR count). The Morgan fingerprint density at radius 2 is 2.47 bits per heavy atom. The van der Waals surface area contributed by atoms with Gasteiger partial charge in [0.05, 0.1) is 17.1 Å². The van der Waals surface area contributed by atoms with E-state index in [-0.39, 0.29) is 6.54 Å². The molecule has 90 valence electrons. The fourth-order valence-electron chi connectivity index (χ4n) is 1.48. The molecular formula is C11H12N2O3S. The zero-order valence-corrected chi connectivity index (χ0v) is 10.1. The predicted octanol–water partition coefficient (Wildman–Crippen LogP) is 1.92. The highest BCUT2D eigenvalue weighted by atomic mass is 32.1. The normalized spacial score (nSPS) is 10.9. The third-order valence-corrected chi connectivity index (χ3v) is 3.04. The summed E-state index contributed by atoms with van der Waals surface area (Å²) < 4.78 is 5.20. The van der Waals surface area contributed by atoms with E-state index in [0.29, 0.717) is 6.54 Å². The van der Waals surface area contributed by atoms with Crippen LogP contribution in [-0.2, 0) is 11.3 Å². The first-order valence-electron chi connectivity index (χ1n) is 5.05. The minimum atomic E-state index is -0.852. The van der Waals surface area contributed by atoms with Gasteiger partial charge >= 0.3 is 5.97 Å². The number of nitrogens with zero attached hydrogens (tertiary/aromatic N) is 2. The number of aliphatic carboxylic acids is 1. The Morgan fingerprint density at radius 3 is 3.12 bits per heavy atom. The minimum Gasteiger partial charge on any atom is -0.480 e. The van der Waals surface area contributed by atoms with E-state index in [2.05, 4.69) is 5.16 Å². The van der Waals surface area contributed by atoms with Crippen molar-refractivity contribution in [3.05, 3.63) is 29.3 Å². The molecule has 2 heterocycles. The smallest absolute Gasteiger partial charge is 0.317 e. The van der Waals surface area contributed by atoms with E-state index < -0.39 is 5.97 Å². The van der Waals surface area contributed by atoms with Crippen molar-refractivity contribution in [2.45, 2.75) is 6.54 Å². The zero-order chi connectivity index (χ0) is 12.3. The molecule has 0 atom stereocenters. The molecule has 1 N–H and O–H groups in total. The van der Waals surface area contributed by atoms with Gasteiger partial charge in [0, 0.05) is 12.6 Å². The van der Waals surface area contributed by atoms with Gasteiger partial charge < -0.3 is 9.63 Å². The third-order valence-electron chi connectivity index (χ3n) is 2.16. The van der Waals surface area contributed by atoms with Crippen LogP contribution >= 0.6 is 11.3 Å². The molecule has 0 aliphatic rings. The van der Waals surface area contributed by atoms with Crippen molar-refractivity contribution >= 4 is 17.3 Å². The van der Waals surface area contributed by atoms with Crippen LogP contribution in [0.15, 0.2) is 28.1 Å². The van der Waals surface area contributed by atoms with E-state index in [4.69, 9.17) is 9.63 Å². The first-order valence-corrected chi connectivity index (χ1v) is 5.93. The van der Waals surface area contributed by atoms with Gasteiger partial charge in [0.1, 0.15) is 0 Å². The van der Waals surface area contributed by atoms with Crippen LogP contribution in [-0.4, -0.2) is 34.7 Å². The number of aromatic nitrogens is 1. The fourth-order valence-corrected chi connectivity index (χ4v) is 2.16. The second-order valence-corrected chi connectivity index (χ2v) is 4.67. The molecule has 0 fully saturated rings. The van der Waals surface area contributed by atoms with Gasteiger partial charge in [0.15, 0.2) is 5.76 Å². The lowest BCUT2D eigenvalue weighted by Crippen LogP contribution is -2.25. The number of likely N-dealkylation sites (N-methyl/N-ethyl adjacent to an activating group) is 1. The van der Waals surface area contributed by atoms with Crippen LogP contribution in [0, 0.1) is 0 Å². The van der Waals surface area contributed by atoms with Crippen molar-refractivity contribution in [3.8, 4) is 10.6 Å². The highest BCUT2D eigenvalue weighted by Gasteiger charge is 2.11. The maximum absolute atomic E-state index is 10.5. The molecule has 0 saturated carbocycles. The summed E-state index contributed by atoms with van der Waals surface area (Å²) in [4.78, 5) is 13.2. The summed E-state index contributed by atoms with van der Waals surface area (Å²) in [5.41, 5.74) is 0.733. The third kappa shape index (κ3) is 3.15. The van der Waals surface area contributed by atoms with Crippen molar-refractivity contribution < 1.29 is 14.4 Å². The van der Waals surface area contributed by atoms with Crippen LogP contribution in [0.5, 0.6) is 0 Å². The van der Waals surface area contributed by atoms with Crippen molar-refractivity contribution in [2.75, 3.05) is 13.6 Å². The lowest BCUT2D eigenvalue weighted by atomic mass is 10.3. The Morgan fingerprint density at radius 1 is 1.65 bits per heavy atom. The number of carboxylic acid groups (broad SMARTS) is 1. The molecule has 0 bridgehead atoms. The molecule has 0 saturated heterocycles. The molecule has 5 nitrogen and oxygen atoms in total. The fraction of sp³-hybridized carbons (Fsp3) is 0.273. The van der Waals surface area contributed by atoms with Gasteiger partial charge in [-0.25, -0.2) is 0 Å². The van der Waals surface area contributed by atoms with Crippen LogP contribution in [0.1, 0.15) is 5.69 Å². The van der Waals surface area contributed by atoms with E-state index in [1.807, 2.05) is 23.6 Å². The lowest BCUT2D eigenvalue weighted by Gasteiger charge is -2.10. The Bertz CT molecular complexity index is 493. The van der Waals surface area contributed by atoms with Crippen LogP contribution in [0.4, 0.5) is 0 Å². The molecule has 6 heteroatoms. The van der Waals surface area contributed by atoms with Gasteiger partial charge in [-0.15, -0.1) is 11.3 Å². The quantitative estimate of drug-likeness (QED) is 0.880. The highest BCUT2D eigenvalue weighted by Crippen LogP contribution is 2.25. The Labute approximate surface area is 102 Å². The molecular weight excluding hydrogens is 240 g/mol. The monoisotopic (exact) mass is 252 g/mol. The standard InChI is InChI=1S/C11H12N2O3S/c1-13(7-11(14)15)6-8-5-9(16-12-8)10-3-2-4-17-10/h2-5H,6-7H2,1H3,(H,14,15). The summed E-state index contributed by atoms with van der Waals surface area (Å²) in [5, 5.41) is 14.5. The Balaban J connectivity index is 2.01. The molecule has 0 aliphatic heterocycles. The molecule has 2 aromatic rings. The average molecular weight is 252 g/mol. The van der Waals surface area contributed by atoms with Crippen molar-refractivity contribution in [1.29, 1.82) is 0 Å². The highest BCUT2D eigenvalue weighted by molar-refractivity contribution is 7.13. The summed E-state index contributed by atoms with van der Waals surface area (Å²) in [5.74, 6) is -0.131. The largest absolute Gasteiger partial charge is 0.480 e. The molecule has 0 aliphatic carbocycles. The predicted molar refractivity (Wildman–Crippen MR) is 63.8 cm³/mol. The summed E-state index contributed by atoms with van der Waals surface area (Å²) in [7, 11) is 1.73. The van der Waals surface area contributed by atoms with E-state index in [1.54, 1.807) is 23.3 Å². The number of carboxylic acids is 1. The molecule has 0 spiro atoms. The van der Waals surface area contributed by atoms with Gasteiger partial charge in [-0.1, -0.05) is 11.2 Å². The summed E-state index contributed by atoms with van der Waals surface area (Å²) in [6, 6.07) is 5.73. The van der Waals surface area contributed by atoms with Gasteiger partial charge in [-0.2, -0.15) is 0 Å². The molecule has 2 aromatic heterocycles. The molecule has 0 amide bonds. The van der Waals surface area contributed by atoms with Crippen molar-refractivity contribution in [3.63, 3.8) is 0 Å². The van der Waals surface area contributed by atoms with Gasteiger partial charge in [-0.3, -0.25) is 9.69 Å². The number of hydrogen-bond donors (Lipinski definition) is 1. The Hall–Kier alpha value is -1.66. The number of carbonyl (C=O) groups is 1. The zero-order valence-electron chi connectivity index (χ0n) is 9.29. The van der Waals surface area contributed by atoms with E-state index in [9.17, 15) is 4.79 Å². The average Bonchev–Trinajstić information content (AvgIpc) is 2.84. The maximum atomic E-state index is 10.5. The van der Waals surface area contributed by atoms with Gasteiger partial charge in [0.2, 0.25) is 0 Å². The molecule has 0 unspecified atom stereocenters.